The fourth-order valence-corrected chi connectivity index (χ4v) is 8.63. The van der Waals surface area contributed by atoms with Crippen LogP contribution in [-0.4, -0.2) is 4.57 Å². The van der Waals surface area contributed by atoms with Crippen LogP contribution in [0.15, 0.2) is 206 Å². The Hall–Kier alpha value is -7.16. The fourth-order valence-electron chi connectivity index (χ4n) is 8.63. The quantitative estimate of drug-likeness (QED) is 0.164. The molecule has 0 atom stereocenters. The molecule has 54 heavy (non-hydrogen) atoms. The summed E-state index contributed by atoms with van der Waals surface area (Å²) in [5, 5.41) is 12.7. The lowest BCUT2D eigenvalue weighted by Gasteiger charge is -2.26. The zero-order valence-electron chi connectivity index (χ0n) is 29.5. The summed E-state index contributed by atoms with van der Waals surface area (Å²) in [5.74, 6) is 0. The molecule has 2 nitrogen and oxygen atoms in total. The fraction of sp³-hybridized carbons (Fsp3) is 0. The Labute approximate surface area is 313 Å². The highest BCUT2D eigenvalue weighted by atomic mass is 15.1. The van der Waals surface area contributed by atoms with Crippen LogP contribution in [-0.2, 0) is 0 Å². The van der Waals surface area contributed by atoms with Crippen LogP contribution in [0.1, 0.15) is 0 Å². The summed E-state index contributed by atoms with van der Waals surface area (Å²) in [7, 11) is 0. The molecule has 252 valence electrons. The van der Waals surface area contributed by atoms with Crippen molar-refractivity contribution in [3.63, 3.8) is 0 Å². The maximum Gasteiger partial charge on any atom is 0.0547 e. The third-order valence-electron chi connectivity index (χ3n) is 11.1. The van der Waals surface area contributed by atoms with E-state index < -0.39 is 0 Å². The van der Waals surface area contributed by atoms with E-state index in [4.69, 9.17) is 0 Å². The Morgan fingerprint density at radius 3 is 1.72 bits per heavy atom. The van der Waals surface area contributed by atoms with E-state index in [2.05, 4.69) is 216 Å². The minimum atomic E-state index is 1.10. The van der Waals surface area contributed by atoms with Gasteiger partial charge in [0, 0.05) is 33.5 Å². The number of para-hydroxylation sites is 2. The van der Waals surface area contributed by atoms with Gasteiger partial charge in [0.25, 0.3) is 0 Å². The molecule has 0 N–H and O–H groups in total. The van der Waals surface area contributed by atoms with Gasteiger partial charge in [0.05, 0.1) is 11.0 Å². The van der Waals surface area contributed by atoms with Gasteiger partial charge in [-0.3, -0.25) is 0 Å². The molecular formula is C52H34N2. The molecular weight excluding hydrogens is 653 g/mol. The molecule has 0 bridgehead atoms. The van der Waals surface area contributed by atoms with E-state index in [0.29, 0.717) is 0 Å². The minimum absolute atomic E-state index is 1.10. The van der Waals surface area contributed by atoms with Crippen molar-refractivity contribution in [2.24, 2.45) is 0 Å². The van der Waals surface area contributed by atoms with Crippen molar-refractivity contribution >= 4 is 82.0 Å². The molecule has 1 heterocycles. The van der Waals surface area contributed by atoms with Crippen LogP contribution in [0.5, 0.6) is 0 Å². The Morgan fingerprint density at radius 1 is 0.315 bits per heavy atom. The Balaban J connectivity index is 1.07. The van der Waals surface area contributed by atoms with Crippen LogP contribution in [0.4, 0.5) is 17.1 Å². The highest BCUT2D eigenvalue weighted by Crippen LogP contribution is 2.42. The first-order valence-electron chi connectivity index (χ1n) is 18.6. The highest BCUT2D eigenvalue weighted by molar-refractivity contribution is 6.24. The minimum Gasteiger partial charge on any atom is -0.310 e. The number of benzene rings is 10. The molecule has 11 rings (SSSR count). The zero-order valence-corrected chi connectivity index (χ0v) is 29.5. The van der Waals surface area contributed by atoms with Crippen LogP contribution in [0.2, 0.25) is 0 Å². The summed E-state index contributed by atoms with van der Waals surface area (Å²) in [4.78, 5) is 2.36. The first kappa shape index (κ1) is 30.5. The largest absolute Gasteiger partial charge is 0.310 e. The van der Waals surface area contributed by atoms with Gasteiger partial charge in [-0.15, -0.1) is 0 Å². The summed E-state index contributed by atoms with van der Waals surface area (Å²) in [6.45, 7) is 0. The van der Waals surface area contributed by atoms with Crippen molar-refractivity contribution in [2.45, 2.75) is 0 Å². The Kier molecular flexibility index (Phi) is 6.90. The Morgan fingerprint density at radius 2 is 0.926 bits per heavy atom. The Bertz CT molecular complexity index is 3190. The number of hydrogen-bond acceptors (Lipinski definition) is 1. The van der Waals surface area contributed by atoms with E-state index in [-0.39, 0.29) is 0 Å². The second-order valence-corrected chi connectivity index (χ2v) is 14.2. The first-order valence-corrected chi connectivity index (χ1v) is 18.6. The second-order valence-electron chi connectivity index (χ2n) is 14.2. The number of anilines is 3. The van der Waals surface area contributed by atoms with Gasteiger partial charge in [0.1, 0.15) is 0 Å². The molecule has 1 aromatic heterocycles. The number of aromatic nitrogens is 1. The SMILES string of the molecule is c1ccc(N(c2ccc(-c3cc4ccccc4c4c3ccc3ccccc34)cc2)c2cccc(-n3c4ccccc4c4cc5ccccc5cc43)c2)cc1. The summed E-state index contributed by atoms with van der Waals surface area (Å²) in [5.41, 5.74) is 9.28. The predicted molar refractivity (Wildman–Crippen MR) is 231 cm³/mol. The highest BCUT2D eigenvalue weighted by Gasteiger charge is 2.18. The molecule has 0 spiro atoms. The van der Waals surface area contributed by atoms with Gasteiger partial charge in [0.2, 0.25) is 0 Å². The molecule has 0 saturated heterocycles. The summed E-state index contributed by atoms with van der Waals surface area (Å²) in [6, 6.07) is 75.2. The van der Waals surface area contributed by atoms with Gasteiger partial charge in [0.15, 0.2) is 0 Å². The van der Waals surface area contributed by atoms with Gasteiger partial charge >= 0.3 is 0 Å². The number of nitrogens with zero attached hydrogens (tertiary/aromatic N) is 2. The molecule has 0 radical (unpaired) electrons. The topological polar surface area (TPSA) is 8.17 Å². The molecule has 0 aliphatic carbocycles. The number of hydrogen-bond donors (Lipinski definition) is 0. The van der Waals surface area contributed by atoms with E-state index in [0.717, 1.165) is 22.7 Å². The summed E-state index contributed by atoms with van der Waals surface area (Å²) < 4.78 is 2.42. The van der Waals surface area contributed by atoms with E-state index in [1.165, 1.54) is 76.0 Å². The number of fused-ring (bicyclic) bond motifs is 9. The number of rotatable bonds is 5. The van der Waals surface area contributed by atoms with Crippen molar-refractivity contribution in [1.82, 2.24) is 4.57 Å². The molecule has 0 fully saturated rings. The first-order chi connectivity index (χ1) is 26.8. The van der Waals surface area contributed by atoms with Crippen molar-refractivity contribution in [3.8, 4) is 16.8 Å². The van der Waals surface area contributed by atoms with Crippen LogP contribution in [0.3, 0.4) is 0 Å². The van der Waals surface area contributed by atoms with Gasteiger partial charge in [-0.25, -0.2) is 0 Å². The van der Waals surface area contributed by atoms with E-state index in [1.807, 2.05) is 0 Å². The maximum atomic E-state index is 2.42. The third kappa shape index (κ3) is 4.81. The van der Waals surface area contributed by atoms with Crippen molar-refractivity contribution in [3.05, 3.63) is 206 Å². The lowest BCUT2D eigenvalue weighted by atomic mass is 9.90. The molecule has 2 heteroatoms. The van der Waals surface area contributed by atoms with Gasteiger partial charge in [-0.1, -0.05) is 140 Å². The molecule has 10 aromatic carbocycles. The molecule has 11 aromatic rings. The van der Waals surface area contributed by atoms with Crippen LogP contribution in [0, 0.1) is 0 Å². The monoisotopic (exact) mass is 686 g/mol. The van der Waals surface area contributed by atoms with E-state index in [1.54, 1.807) is 0 Å². The van der Waals surface area contributed by atoms with Gasteiger partial charge in [-0.05, 0) is 121 Å². The average molecular weight is 687 g/mol. The van der Waals surface area contributed by atoms with Crippen molar-refractivity contribution in [2.75, 3.05) is 4.90 Å². The van der Waals surface area contributed by atoms with Crippen LogP contribution >= 0.6 is 0 Å². The summed E-state index contributed by atoms with van der Waals surface area (Å²) in [6.07, 6.45) is 0. The smallest absolute Gasteiger partial charge is 0.0547 e. The van der Waals surface area contributed by atoms with Gasteiger partial charge in [-0.2, -0.15) is 0 Å². The van der Waals surface area contributed by atoms with Gasteiger partial charge < -0.3 is 9.47 Å². The van der Waals surface area contributed by atoms with Crippen LogP contribution < -0.4 is 4.90 Å². The second kappa shape index (κ2) is 12.2. The van der Waals surface area contributed by atoms with Crippen LogP contribution in [0.25, 0.3) is 81.7 Å². The molecule has 0 aliphatic heterocycles. The molecule has 0 aliphatic rings. The maximum absolute atomic E-state index is 2.42. The standard InChI is InChI=1S/C52H34N2/c1-2-17-40(18-3-1)53(42-19-12-20-43(34-42)54-50-24-11-10-23-46(50)49-31-37-14-4-5-15-38(37)33-51(49)54)41-28-25-36(26-29-41)48-32-39-16-7-9-22-45(39)52-44-21-8-6-13-35(44)27-30-47(48)52/h1-34H. The van der Waals surface area contributed by atoms with E-state index in [9.17, 15) is 0 Å². The lowest BCUT2D eigenvalue weighted by molar-refractivity contribution is 1.17. The van der Waals surface area contributed by atoms with E-state index >= 15 is 0 Å². The van der Waals surface area contributed by atoms with Crippen molar-refractivity contribution in [1.29, 1.82) is 0 Å². The summed E-state index contributed by atoms with van der Waals surface area (Å²) >= 11 is 0. The van der Waals surface area contributed by atoms with Crippen molar-refractivity contribution < 1.29 is 0 Å². The average Bonchev–Trinajstić information content (AvgIpc) is 3.56. The normalized spacial score (nSPS) is 11.7. The zero-order chi connectivity index (χ0) is 35.6. The molecule has 0 amide bonds. The molecule has 0 saturated carbocycles. The molecule has 0 unspecified atom stereocenters. The lowest BCUT2D eigenvalue weighted by Crippen LogP contribution is -2.10. The predicted octanol–water partition coefficient (Wildman–Crippen LogP) is 14.5. The third-order valence-corrected chi connectivity index (χ3v) is 11.1.